The molecule has 1 aromatic rings. The summed E-state index contributed by atoms with van der Waals surface area (Å²) in [6.45, 7) is 2.50. The van der Waals surface area contributed by atoms with Crippen molar-refractivity contribution in [1.29, 1.82) is 0 Å². The number of carboxylic acid groups (broad SMARTS) is 1. The van der Waals surface area contributed by atoms with E-state index in [9.17, 15) is 14.7 Å². The number of nitrogens with zero attached hydrogens (tertiary/aromatic N) is 1. The van der Waals surface area contributed by atoms with Crippen molar-refractivity contribution in [3.63, 3.8) is 0 Å². The van der Waals surface area contributed by atoms with Crippen LogP contribution < -0.4 is 0 Å². The Morgan fingerprint density at radius 2 is 1.95 bits per heavy atom. The lowest BCUT2D eigenvalue weighted by atomic mass is 9.89. The number of hydrogen-bond acceptors (Lipinski definition) is 2. The van der Waals surface area contributed by atoms with Crippen LogP contribution in [0, 0.1) is 5.92 Å². The second-order valence-electron chi connectivity index (χ2n) is 6.16. The molecule has 0 spiro atoms. The molecule has 1 N–H and O–H groups in total. The van der Waals surface area contributed by atoms with Crippen molar-refractivity contribution in [2.75, 3.05) is 6.54 Å². The Bertz CT molecular complexity index is 581. The maximum atomic E-state index is 12.7. The Kier molecular flexibility index (Phi) is 3.70. The van der Waals surface area contributed by atoms with Crippen LogP contribution in [0.1, 0.15) is 47.7 Å². The summed E-state index contributed by atoms with van der Waals surface area (Å²) in [6, 6.07) is 5.71. The maximum Gasteiger partial charge on any atom is 0.308 e. The molecule has 0 unspecified atom stereocenters. The first-order valence-electron chi connectivity index (χ1n) is 7.73. The summed E-state index contributed by atoms with van der Waals surface area (Å²) in [5.74, 6) is -1.27. The zero-order chi connectivity index (χ0) is 15.0. The Morgan fingerprint density at radius 3 is 2.71 bits per heavy atom. The fraction of sp³-hybridized carbons (Fsp3) is 0.529. The molecule has 21 heavy (non-hydrogen) atoms. The summed E-state index contributed by atoms with van der Waals surface area (Å²) in [5.41, 5.74) is 3.33. The number of aryl methyl sites for hydroxylation is 2. The molecule has 1 fully saturated rings. The van der Waals surface area contributed by atoms with Crippen molar-refractivity contribution in [2.24, 2.45) is 5.92 Å². The van der Waals surface area contributed by atoms with Crippen molar-refractivity contribution in [3.8, 4) is 0 Å². The molecule has 0 bridgehead atoms. The number of carboxylic acids is 1. The third-order valence-corrected chi connectivity index (χ3v) is 4.91. The predicted molar refractivity (Wildman–Crippen MR) is 79.3 cm³/mol. The quantitative estimate of drug-likeness (QED) is 0.909. The fourth-order valence-corrected chi connectivity index (χ4v) is 3.63. The second kappa shape index (κ2) is 5.51. The Balaban J connectivity index is 1.82. The highest BCUT2D eigenvalue weighted by Gasteiger charge is 2.35. The first kappa shape index (κ1) is 14.1. The van der Waals surface area contributed by atoms with Gasteiger partial charge < -0.3 is 10.0 Å². The molecule has 1 aromatic carbocycles. The smallest absolute Gasteiger partial charge is 0.308 e. The zero-order valence-electron chi connectivity index (χ0n) is 12.3. The first-order valence-corrected chi connectivity index (χ1v) is 7.73. The van der Waals surface area contributed by atoms with Gasteiger partial charge in [-0.1, -0.05) is 6.07 Å². The number of piperidine rings is 1. The molecule has 2 aliphatic rings. The molecule has 2 atom stereocenters. The number of likely N-dealkylation sites (tertiary alicyclic amines) is 1. The van der Waals surface area contributed by atoms with Gasteiger partial charge in [0.15, 0.2) is 0 Å². The van der Waals surface area contributed by atoms with Crippen LogP contribution in [0.4, 0.5) is 0 Å². The van der Waals surface area contributed by atoms with E-state index < -0.39 is 11.9 Å². The molecule has 0 saturated carbocycles. The SMILES string of the molecule is C[C@@H]1[C@H](C(=O)O)CCCN1C(=O)c1ccc2c(c1)CCC2. The predicted octanol–water partition coefficient (Wildman–Crippen LogP) is 2.50. The van der Waals surface area contributed by atoms with E-state index in [2.05, 4.69) is 6.07 Å². The lowest BCUT2D eigenvalue weighted by Gasteiger charge is -2.37. The van der Waals surface area contributed by atoms with E-state index in [0.717, 1.165) is 25.7 Å². The molecule has 1 amide bonds. The van der Waals surface area contributed by atoms with E-state index >= 15 is 0 Å². The maximum absolute atomic E-state index is 12.7. The van der Waals surface area contributed by atoms with Gasteiger partial charge in [0.1, 0.15) is 0 Å². The topological polar surface area (TPSA) is 57.6 Å². The minimum atomic E-state index is -0.797. The highest BCUT2D eigenvalue weighted by atomic mass is 16.4. The van der Waals surface area contributed by atoms with Crippen LogP contribution in [-0.4, -0.2) is 34.5 Å². The molecule has 1 saturated heterocycles. The summed E-state index contributed by atoms with van der Waals surface area (Å²) in [7, 11) is 0. The third-order valence-electron chi connectivity index (χ3n) is 4.91. The molecule has 4 heteroatoms. The summed E-state index contributed by atoms with van der Waals surface area (Å²) < 4.78 is 0. The minimum Gasteiger partial charge on any atom is -0.481 e. The average Bonchev–Trinajstić information content (AvgIpc) is 2.93. The summed E-state index contributed by atoms with van der Waals surface area (Å²) >= 11 is 0. The highest BCUT2D eigenvalue weighted by molar-refractivity contribution is 5.95. The van der Waals surface area contributed by atoms with Crippen molar-refractivity contribution < 1.29 is 14.7 Å². The van der Waals surface area contributed by atoms with Gasteiger partial charge in [-0.05, 0) is 62.3 Å². The lowest BCUT2D eigenvalue weighted by Crippen LogP contribution is -2.49. The van der Waals surface area contributed by atoms with Crippen LogP contribution in [0.3, 0.4) is 0 Å². The number of rotatable bonds is 2. The number of carbonyl (C=O) groups is 2. The van der Waals surface area contributed by atoms with Gasteiger partial charge in [-0.2, -0.15) is 0 Å². The Hall–Kier alpha value is -1.84. The van der Waals surface area contributed by atoms with Crippen LogP contribution in [0.5, 0.6) is 0 Å². The van der Waals surface area contributed by atoms with Crippen LogP contribution in [0.2, 0.25) is 0 Å². The second-order valence-corrected chi connectivity index (χ2v) is 6.16. The molecule has 1 aliphatic heterocycles. The van der Waals surface area contributed by atoms with Gasteiger partial charge in [0.2, 0.25) is 0 Å². The monoisotopic (exact) mass is 287 g/mol. The highest BCUT2D eigenvalue weighted by Crippen LogP contribution is 2.27. The van der Waals surface area contributed by atoms with Gasteiger partial charge in [0, 0.05) is 18.2 Å². The fourth-order valence-electron chi connectivity index (χ4n) is 3.63. The number of carbonyl (C=O) groups excluding carboxylic acids is 1. The van der Waals surface area contributed by atoms with E-state index in [1.165, 1.54) is 11.1 Å². The first-order chi connectivity index (χ1) is 10.1. The number of amides is 1. The van der Waals surface area contributed by atoms with Crippen molar-refractivity contribution in [2.45, 2.75) is 45.1 Å². The number of fused-ring (bicyclic) bond motifs is 1. The van der Waals surface area contributed by atoms with E-state index in [0.29, 0.717) is 18.5 Å². The van der Waals surface area contributed by atoms with Gasteiger partial charge in [-0.15, -0.1) is 0 Å². The summed E-state index contributed by atoms with van der Waals surface area (Å²) in [4.78, 5) is 25.7. The molecule has 4 nitrogen and oxygen atoms in total. The van der Waals surface area contributed by atoms with Crippen molar-refractivity contribution in [1.82, 2.24) is 4.90 Å². The van der Waals surface area contributed by atoms with Crippen LogP contribution in [0.15, 0.2) is 18.2 Å². The number of benzene rings is 1. The standard InChI is InChI=1S/C17H21NO3/c1-11-15(17(20)21)6-3-9-18(11)16(19)14-8-7-12-4-2-5-13(12)10-14/h7-8,10-11,15H,2-6,9H2,1H3,(H,20,21)/t11-,15-/m1/s1. The molecule has 112 valence electrons. The summed E-state index contributed by atoms with van der Waals surface area (Å²) in [6.07, 6.45) is 4.73. The third kappa shape index (κ3) is 2.55. The van der Waals surface area contributed by atoms with Gasteiger partial charge in [0.05, 0.1) is 5.92 Å². The largest absolute Gasteiger partial charge is 0.481 e. The van der Waals surface area contributed by atoms with Gasteiger partial charge in [0.25, 0.3) is 5.91 Å². The average molecular weight is 287 g/mol. The summed E-state index contributed by atoms with van der Waals surface area (Å²) in [5, 5.41) is 9.27. The zero-order valence-corrected chi connectivity index (χ0v) is 12.3. The number of aliphatic carboxylic acids is 1. The van der Waals surface area contributed by atoms with E-state index in [-0.39, 0.29) is 11.9 Å². The van der Waals surface area contributed by atoms with Gasteiger partial charge in [-0.3, -0.25) is 9.59 Å². The molecular weight excluding hydrogens is 266 g/mol. The molecule has 1 aliphatic carbocycles. The van der Waals surface area contributed by atoms with Crippen LogP contribution >= 0.6 is 0 Å². The molecular formula is C17H21NO3. The molecule has 1 heterocycles. The molecule has 3 rings (SSSR count). The Morgan fingerprint density at radius 1 is 1.19 bits per heavy atom. The van der Waals surface area contributed by atoms with Gasteiger partial charge >= 0.3 is 5.97 Å². The van der Waals surface area contributed by atoms with E-state index in [1.807, 2.05) is 19.1 Å². The Labute approximate surface area is 124 Å². The van der Waals surface area contributed by atoms with E-state index in [4.69, 9.17) is 0 Å². The van der Waals surface area contributed by atoms with Crippen molar-refractivity contribution >= 4 is 11.9 Å². The normalized spacial score (nSPS) is 24.7. The van der Waals surface area contributed by atoms with Crippen LogP contribution in [-0.2, 0) is 17.6 Å². The van der Waals surface area contributed by atoms with Crippen molar-refractivity contribution in [3.05, 3.63) is 34.9 Å². The van der Waals surface area contributed by atoms with Crippen LogP contribution in [0.25, 0.3) is 0 Å². The van der Waals surface area contributed by atoms with Gasteiger partial charge in [-0.25, -0.2) is 0 Å². The minimum absolute atomic E-state index is 0.0249. The molecule has 0 aromatic heterocycles. The lowest BCUT2D eigenvalue weighted by molar-refractivity contribution is -0.144. The molecule has 0 radical (unpaired) electrons. The number of hydrogen-bond donors (Lipinski definition) is 1. The van der Waals surface area contributed by atoms with E-state index in [1.54, 1.807) is 4.90 Å².